The second-order valence-electron chi connectivity index (χ2n) is 3.72. The summed E-state index contributed by atoms with van der Waals surface area (Å²) in [6, 6.07) is 0. The van der Waals surface area contributed by atoms with E-state index in [4.69, 9.17) is 10.00 Å². The van der Waals surface area contributed by atoms with Crippen LogP contribution in [0.15, 0.2) is 4.99 Å². The molecule has 0 radical (unpaired) electrons. The molecule has 0 atom stereocenters. The second-order valence-corrected chi connectivity index (χ2v) is 3.72. The summed E-state index contributed by atoms with van der Waals surface area (Å²) in [5.74, 6) is 1.03. The van der Waals surface area contributed by atoms with Crippen LogP contribution in [0.2, 0.25) is 0 Å². The maximum absolute atomic E-state index is 9.91. The van der Waals surface area contributed by atoms with Crippen LogP contribution >= 0.6 is 0 Å². The van der Waals surface area contributed by atoms with E-state index in [0.717, 1.165) is 25.7 Å². The van der Waals surface area contributed by atoms with Gasteiger partial charge in [-0.15, -0.1) is 0 Å². The number of hydrogen-bond donors (Lipinski definition) is 0. The third kappa shape index (κ3) is 5.19. The van der Waals surface area contributed by atoms with Gasteiger partial charge in [-0.1, -0.05) is 7.43 Å². The van der Waals surface area contributed by atoms with Crippen LogP contribution < -0.4 is 0 Å². The van der Waals surface area contributed by atoms with Crippen LogP contribution in [-0.2, 0) is 9.53 Å². The Hall–Kier alpha value is -1.33. The number of isocyanates is 1. The first-order valence-electron chi connectivity index (χ1n) is 4.91. The van der Waals surface area contributed by atoms with Crippen LogP contribution in [0.5, 0.6) is 0 Å². The summed E-state index contributed by atoms with van der Waals surface area (Å²) in [4.78, 5) is 13.5. The summed E-state index contributed by atoms with van der Waals surface area (Å²) in [5, 5.41) is 8.23. The van der Waals surface area contributed by atoms with Crippen molar-refractivity contribution in [2.24, 2.45) is 16.8 Å². The van der Waals surface area contributed by atoms with Crippen molar-refractivity contribution in [3.63, 3.8) is 0 Å². The highest BCUT2D eigenvalue weighted by atomic mass is 16.5. The summed E-state index contributed by atoms with van der Waals surface area (Å²) in [6.45, 7) is 1.15. The Bertz CT molecular complexity index is 246. The lowest BCUT2D eigenvalue weighted by molar-refractivity contribution is 0.161. The van der Waals surface area contributed by atoms with E-state index in [-0.39, 0.29) is 7.43 Å². The van der Waals surface area contributed by atoms with Gasteiger partial charge in [0.15, 0.2) is 0 Å². The highest BCUT2D eigenvalue weighted by molar-refractivity contribution is 5.32. The summed E-state index contributed by atoms with van der Waals surface area (Å²) in [6.07, 6.45) is 7.55. The minimum absolute atomic E-state index is 0. The molecule has 84 valence electrons. The molecule has 0 aromatic rings. The van der Waals surface area contributed by atoms with Gasteiger partial charge in [0.05, 0.1) is 6.54 Å². The molecule has 0 aromatic heterocycles. The SMILES string of the molecule is C.N#COCC1CCC(CN=C=O)CC1. The Labute approximate surface area is 91.0 Å². The fraction of sp³-hybridized carbons (Fsp3) is 0.818. The summed E-state index contributed by atoms with van der Waals surface area (Å²) >= 11 is 0. The van der Waals surface area contributed by atoms with Gasteiger partial charge in [-0.25, -0.2) is 9.79 Å². The van der Waals surface area contributed by atoms with Gasteiger partial charge < -0.3 is 4.74 Å². The van der Waals surface area contributed by atoms with Gasteiger partial charge in [-0.3, -0.25) is 0 Å². The molecule has 0 heterocycles. The first-order chi connectivity index (χ1) is 6.86. The minimum Gasteiger partial charge on any atom is -0.427 e. The van der Waals surface area contributed by atoms with Crippen molar-refractivity contribution in [1.82, 2.24) is 0 Å². The summed E-state index contributed by atoms with van der Waals surface area (Å²) in [5.41, 5.74) is 0. The fourth-order valence-electron chi connectivity index (χ4n) is 1.90. The maximum atomic E-state index is 9.91. The van der Waals surface area contributed by atoms with Crippen LogP contribution in [0.3, 0.4) is 0 Å². The molecule has 0 bridgehead atoms. The highest BCUT2D eigenvalue weighted by Crippen LogP contribution is 2.28. The van der Waals surface area contributed by atoms with Gasteiger partial charge in [0.25, 0.3) is 6.26 Å². The van der Waals surface area contributed by atoms with Crippen molar-refractivity contribution < 1.29 is 9.53 Å². The number of rotatable bonds is 4. The number of ether oxygens (including phenoxy) is 1. The molecule has 1 aliphatic carbocycles. The molecule has 15 heavy (non-hydrogen) atoms. The minimum atomic E-state index is 0. The van der Waals surface area contributed by atoms with Crippen molar-refractivity contribution in [2.45, 2.75) is 33.1 Å². The maximum Gasteiger partial charge on any atom is 0.286 e. The average molecular weight is 210 g/mol. The van der Waals surface area contributed by atoms with Gasteiger partial charge >= 0.3 is 0 Å². The van der Waals surface area contributed by atoms with Crippen molar-refractivity contribution >= 4 is 6.08 Å². The molecule has 1 saturated carbocycles. The average Bonchev–Trinajstić information content (AvgIpc) is 2.25. The Morgan fingerprint density at radius 2 is 1.87 bits per heavy atom. The largest absolute Gasteiger partial charge is 0.427 e. The molecule has 0 aromatic carbocycles. The highest BCUT2D eigenvalue weighted by Gasteiger charge is 2.21. The van der Waals surface area contributed by atoms with Crippen molar-refractivity contribution in [3.8, 4) is 6.26 Å². The third-order valence-electron chi connectivity index (χ3n) is 2.76. The van der Waals surface area contributed by atoms with Crippen molar-refractivity contribution in [2.75, 3.05) is 13.2 Å². The Morgan fingerprint density at radius 3 is 2.40 bits per heavy atom. The molecule has 1 aliphatic rings. The van der Waals surface area contributed by atoms with E-state index < -0.39 is 0 Å². The standard InChI is InChI=1S/C10H14N2O2.CH4/c11-7-14-6-10-3-1-9(2-4-10)5-12-8-13;/h9-10H,1-6H2;1H4. The van der Waals surface area contributed by atoms with Crippen molar-refractivity contribution in [1.29, 1.82) is 5.26 Å². The van der Waals surface area contributed by atoms with Crippen LogP contribution in [0, 0.1) is 23.4 Å². The molecule has 4 heteroatoms. The number of hydrogen-bond acceptors (Lipinski definition) is 4. The Kier molecular flexibility index (Phi) is 7.31. The summed E-state index contributed by atoms with van der Waals surface area (Å²) in [7, 11) is 0. The lowest BCUT2D eigenvalue weighted by Gasteiger charge is -2.25. The zero-order chi connectivity index (χ0) is 10.2. The van der Waals surface area contributed by atoms with E-state index in [1.54, 1.807) is 12.3 Å². The predicted molar refractivity (Wildman–Crippen MR) is 56.7 cm³/mol. The van der Waals surface area contributed by atoms with E-state index in [1.807, 2.05) is 0 Å². The van der Waals surface area contributed by atoms with Crippen LogP contribution in [0.1, 0.15) is 33.1 Å². The molecular weight excluding hydrogens is 192 g/mol. The van der Waals surface area contributed by atoms with E-state index in [9.17, 15) is 4.79 Å². The van der Waals surface area contributed by atoms with E-state index in [0.29, 0.717) is 25.0 Å². The molecule has 0 amide bonds. The van der Waals surface area contributed by atoms with E-state index in [2.05, 4.69) is 4.99 Å². The Morgan fingerprint density at radius 1 is 1.27 bits per heavy atom. The molecule has 1 rings (SSSR count). The third-order valence-corrected chi connectivity index (χ3v) is 2.76. The van der Waals surface area contributed by atoms with Crippen molar-refractivity contribution in [3.05, 3.63) is 0 Å². The molecule has 0 unspecified atom stereocenters. The smallest absolute Gasteiger partial charge is 0.286 e. The quantitative estimate of drug-likeness (QED) is 0.406. The number of nitrogens with zero attached hydrogens (tertiary/aromatic N) is 2. The molecule has 1 fully saturated rings. The van der Waals surface area contributed by atoms with Gasteiger partial charge in [-0.2, -0.15) is 5.26 Å². The molecule has 0 aliphatic heterocycles. The molecule has 0 saturated heterocycles. The molecule has 4 nitrogen and oxygen atoms in total. The topological polar surface area (TPSA) is 62.4 Å². The fourth-order valence-corrected chi connectivity index (χ4v) is 1.90. The first kappa shape index (κ1) is 13.7. The molecule has 0 spiro atoms. The molecular formula is C11H18N2O2. The normalized spacial score (nSPS) is 24.2. The number of aliphatic imine (C=N–C) groups is 1. The van der Waals surface area contributed by atoms with Gasteiger partial charge in [0.1, 0.15) is 6.61 Å². The van der Waals surface area contributed by atoms with Crippen LogP contribution in [0.25, 0.3) is 0 Å². The lowest BCUT2D eigenvalue weighted by Crippen LogP contribution is -2.19. The van der Waals surface area contributed by atoms with E-state index >= 15 is 0 Å². The Balaban J connectivity index is 0.00000196. The van der Waals surface area contributed by atoms with Gasteiger partial charge in [0.2, 0.25) is 6.08 Å². The second kappa shape index (κ2) is 8.02. The van der Waals surface area contributed by atoms with Gasteiger partial charge in [0, 0.05) is 0 Å². The molecule has 0 N–H and O–H groups in total. The van der Waals surface area contributed by atoms with Crippen LogP contribution in [0.4, 0.5) is 0 Å². The first-order valence-corrected chi connectivity index (χ1v) is 4.91. The lowest BCUT2D eigenvalue weighted by atomic mass is 9.82. The van der Waals surface area contributed by atoms with Crippen LogP contribution in [-0.4, -0.2) is 19.2 Å². The monoisotopic (exact) mass is 210 g/mol. The zero-order valence-electron chi connectivity index (χ0n) is 8.11. The number of carbonyl (C=O) groups excluding carboxylic acids is 1. The number of nitriles is 1. The summed E-state index contributed by atoms with van der Waals surface area (Å²) < 4.78 is 4.71. The van der Waals surface area contributed by atoms with E-state index in [1.165, 1.54) is 0 Å². The zero-order valence-corrected chi connectivity index (χ0v) is 8.11. The van der Waals surface area contributed by atoms with Gasteiger partial charge in [-0.05, 0) is 37.5 Å². The predicted octanol–water partition coefficient (Wildman–Crippen LogP) is 2.26.